The summed E-state index contributed by atoms with van der Waals surface area (Å²) < 4.78 is 7.55. The van der Waals surface area contributed by atoms with Gasteiger partial charge in [-0.1, -0.05) is 12.1 Å². The molecule has 0 unspecified atom stereocenters. The molecule has 4 rings (SSSR count). The van der Waals surface area contributed by atoms with Crippen LogP contribution in [0.3, 0.4) is 0 Å². The minimum absolute atomic E-state index is 0.686. The average molecular weight is 378 g/mol. The van der Waals surface area contributed by atoms with Gasteiger partial charge in [-0.25, -0.2) is 9.97 Å². The molecule has 0 spiro atoms. The van der Waals surface area contributed by atoms with Crippen LogP contribution in [0.1, 0.15) is 17.0 Å². The van der Waals surface area contributed by atoms with Crippen LogP contribution >= 0.6 is 0 Å². The molecule has 7 nitrogen and oxygen atoms in total. The molecule has 3 heterocycles. The van der Waals surface area contributed by atoms with Crippen LogP contribution in [0.2, 0.25) is 0 Å². The van der Waals surface area contributed by atoms with E-state index in [4.69, 9.17) is 9.84 Å². The van der Waals surface area contributed by atoms with E-state index in [0.717, 1.165) is 55.3 Å². The van der Waals surface area contributed by atoms with Gasteiger partial charge in [-0.2, -0.15) is 5.10 Å². The molecule has 28 heavy (non-hydrogen) atoms. The number of hydrogen-bond acceptors (Lipinski definition) is 6. The van der Waals surface area contributed by atoms with E-state index in [1.165, 1.54) is 5.69 Å². The molecule has 2 aromatic heterocycles. The van der Waals surface area contributed by atoms with Crippen molar-refractivity contribution in [1.82, 2.24) is 29.5 Å². The zero-order valence-corrected chi connectivity index (χ0v) is 16.7. The van der Waals surface area contributed by atoms with E-state index >= 15 is 0 Å². The molecule has 7 heteroatoms. The molecule has 1 aromatic carbocycles. The molecular weight excluding hydrogens is 352 g/mol. The highest BCUT2D eigenvalue weighted by molar-refractivity contribution is 5.63. The summed E-state index contributed by atoms with van der Waals surface area (Å²) in [5.41, 5.74) is 4.42. The van der Waals surface area contributed by atoms with Gasteiger partial charge in [0.05, 0.1) is 30.6 Å². The van der Waals surface area contributed by atoms with E-state index in [9.17, 15) is 0 Å². The normalized spacial score (nSPS) is 14.3. The highest BCUT2D eigenvalue weighted by atomic mass is 16.5. The van der Waals surface area contributed by atoms with E-state index in [-0.39, 0.29) is 0 Å². The molecular formula is C21H26N6O. The van der Waals surface area contributed by atoms with Crippen molar-refractivity contribution in [1.29, 1.82) is 0 Å². The molecule has 0 radical (unpaired) electrons. The Bertz CT molecular complexity index is 934. The van der Waals surface area contributed by atoms with Gasteiger partial charge in [0, 0.05) is 44.1 Å². The van der Waals surface area contributed by atoms with Gasteiger partial charge in [0.1, 0.15) is 5.75 Å². The van der Waals surface area contributed by atoms with E-state index in [1.807, 2.05) is 36.7 Å². The summed E-state index contributed by atoms with van der Waals surface area (Å²) in [5, 5.41) is 4.71. The Labute approximate surface area is 165 Å². The van der Waals surface area contributed by atoms with Crippen molar-refractivity contribution in [3.63, 3.8) is 0 Å². The zero-order chi connectivity index (χ0) is 19.5. The van der Waals surface area contributed by atoms with Crippen LogP contribution in [0.15, 0.2) is 42.7 Å². The Morgan fingerprint density at radius 1 is 1.11 bits per heavy atom. The second-order valence-corrected chi connectivity index (χ2v) is 7.41. The Morgan fingerprint density at radius 3 is 2.64 bits per heavy atom. The van der Waals surface area contributed by atoms with Gasteiger partial charge in [0.15, 0.2) is 5.82 Å². The maximum Gasteiger partial charge on any atom is 0.162 e. The fourth-order valence-corrected chi connectivity index (χ4v) is 3.58. The number of ether oxygens (including phenoxy) is 1. The van der Waals surface area contributed by atoms with Crippen LogP contribution in [0.25, 0.3) is 11.4 Å². The molecule has 1 aliphatic heterocycles. The molecule has 0 aliphatic carbocycles. The zero-order valence-electron chi connectivity index (χ0n) is 16.7. The minimum Gasteiger partial charge on any atom is -0.496 e. The van der Waals surface area contributed by atoms with Gasteiger partial charge in [-0.15, -0.1) is 0 Å². The number of hydrogen-bond donors (Lipinski definition) is 0. The van der Waals surface area contributed by atoms with Crippen LogP contribution in [0.4, 0.5) is 0 Å². The Kier molecular flexibility index (Phi) is 5.36. The molecule has 3 aromatic rings. The highest BCUT2D eigenvalue weighted by Crippen LogP contribution is 2.26. The fourth-order valence-electron chi connectivity index (χ4n) is 3.58. The molecule has 0 atom stereocenters. The summed E-state index contributed by atoms with van der Waals surface area (Å²) in [6.45, 7) is 4.50. The largest absolute Gasteiger partial charge is 0.496 e. The van der Waals surface area contributed by atoms with Crippen LogP contribution in [-0.2, 0) is 26.2 Å². The van der Waals surface area contributed by atoms with Crippen molar-refractivity contribution in [2.24, 2.45) is 0 Å². The number of aromatic nitrogens is 4. The first-order valence-corrected chi connectivity index (χ1v) is 9.49. The van der Waals surface area contributed by atoms with Gasteiger partial charge >= 0.3 is 0 Å². The monoisotopic (exact) mass is 378 g/mol. The number of nitrogens with zero attached hydrogens (tertiary/aromatic N) is 6. The molecule has 0 saturated carbocycles. The van der Waals surface area contributed by atoms with Gasteiger partial charge < -0.3 is 9.64 Å². The second kappa shape index (κ2) is 8.08. The maximum atomic E-state index is 5.41. The summed E-state index contributed by atoms with van der Waals surface area (Å²) in [6.07, 6.45) is 3.83. The summed E-state index contributed by atoms with van der Waals surface area (Å²) in [7, 11) is 5.80. The third-order valence-corrected chi connectivity index (χ3v) is 4.87. The van der Waals surface area contributed by atoms with Crippen LogP contribution in [-0.4, -0.2) is 57.3 Å². The first-order chi connectivity index (χ1) is 13.6. The summed E-state index contributed by atoms with van der Waals surface area (Å²) in [5.74, 6) is 1.47. The van der Waals surface area contributed by atoms with E-state index < -0.39 is 0 Å². The Morgan fingerprint density at radius 2 is 1.89 bits per heavy atom. The highest BCUT2D eigenvalue weighted by Gasteiger charge is 2.19. The predicted octanol–water partition coefficient (Wildman–Crippen LogP) is 2.43. The predicted molar refractivity (Wildman–Crippen MR) is 108 cm³/mol. The van der Waals surface area contributed by atoms with Crippen molar-refractivity contribution in [2.45, 2.75) is 26.2 Å². The van der Waals surface area contributed by atoms with E-state index in [1.54, 1.807) is 7.11 Å². The average Bonchev–Trinajstić information content (AvgIpc) is 3.09. The standard InChI is InChI=1S/C21H26N6O/c1-25(2)14-17-10-18-15-26(8-9-27(18)24-17)13-16-11-22-21(23-12-16)19-6-4-5-7-20(19)28-3/h4-7,10-12H,8-9,13-15H2,1-3H3. The Hall–Kier alpha value is -2.77. The summed E-state index contributed by atoms with van der Waals surface area (Å²) >= 11 is 0. The molecule has 0 saturated heterocycles. The first kappa shape index (κ1) is 18.6. The molecule has 0 amide bonds. The molecule has 146 valence electrons. The van der Waals surface area contributed by atoms with Crippen LogP contribution in [0, 0.1) is 0 Å². The van der Waals surface area contributed by atoms with Crippen LogP contribution < -0.4 is 4.74 Å². The number of benzene rings is 1. The van der Waals surface area contributed by atoms with Gasteiger partial charge in [-0.3, -0.25) is 9.58 Å². The lowest BCUT2D eigenvalue weighted by Gasteiger charge is -2.27. The molecule has 0 bridgehead atoms. The smallest absolute Gasteiger partial charge is 0.162 e. The lowest BCUT2D eigenvalue weighted by Crippen LogP contribution is -2.33. The van der Waals surface area contributed by atoms with Gasteiger partial charge in [0.25, 0.3) is 0 Å². The number of para-hydroxylation sites is 1. The number of rotatable bonds is 6. The van der Waals surface area contributed by atoms with Crippen molar-refractivity contribution in [3.8, 4) is 17.1 Å². The first-order valence-electron chi connectivity index (χ1n) is 9.49. The van der Waals surface area contributed by atoms with Gasteiger partial charge in [-0.05, 0) is 32.3 Å². The molecule has 1 aliphatic rings. The van der Waals surface area contributed by atoms with E-state index in [2.05, 4.69) is 44.6 Å². The lowest BCUT2D eigenvalue weighted by atomic mass is 10.2. The topological polar surface area (TPSA) is 59.3 Å². The molecule has 0 fully saturated rings. The van der Waals surface area contributed by atoms with Crippen molar-refractivity contribution in [3.05, 3.63) is 59.7 Å². The summed E-state index contributed by atoms with van der Waals surface area (Å²) in [6, 6.07) is 10.0. The van der Waals surface area contributed by atoms with Crippen molar-refractivity contribution in [2.75, 3.05) is 27.7 Å². The molecule has 0 N–H and O–H groups in total. The maximum absolute atomic E-state index is 5.41. The van der Waals surface area contributed by atoms with Gasteiger partial charge in [0.2, 0.25) is 0 Å². The quantitative estimate of drug-likeness (QED) is 0.657. The third-order valence-electron chi connectivity index (χ3n) is 4.87. The lowest BCUT2D eigenvalue weighted by molar-refractivity contribution is 0.204. The fraction of sp³-hybridized carbons (Fsp3) is 0.381. The van der Waals surface area contributed by atoms with Crippen LogP contribution in [0.5, 0.6) is 5.75 Å². The number of methoxy groups -OCH3 is 1. The third kappa shape index (κ3) is 4.05. The SMILES string of the molecule is COc1ccccc1-c1ncc(CN2CCn3nc(CN(C)C)cc3C2)cn1. The van der Waals surface area contributed by atoms with Crippen molar-refractivity contribution < 1.29 is 4.74 Å². The minimum atomic E-state index is 0.686. The summed E-state index contributed by atoms with van der Waals surface area (Å²) in [4.78, 5) is 13.7. The van der Waals surface area contributed by atoms with Crippen molar-refractivity contribution >= 4 is 0 Å². The van der Waals surface area contributed by atoms with E-state index in [0.29, 0.717) is 5.82 Å². The number of fused-ring (bicyclic) bond motifs is 1. The second-order valence-electron chi connectivity index (χ2n) is 7.41. The Balaban J connectivity index is 1.43.